The molecular weight excluding hydrogens is 337 g/mol. The molecule has 0 saturated heterocycles. The molecule has 18 heavy (non-hydrogen) atoms. The van der Waals surface area contributed by atoms with Crippen molar-refractivity contribution >= 4 is 29.9 Å². The highest BCUT2D eigenvalue weighted by atomic mass is 127. The van der Waals surface area contributed by atoms with Gasteiger partial charge in [-0.05, 0) is 31.6 Å². The van der Waals surface area contributed by atoms with Gasteiger partial charge in [0.05, 0.1) is 0 Å². The fourth-order valence-corrected chi connectivity index (χ4v) is 2.24. The number of hydrogen-bond acceptors (Lipinski definition) is 1. The van der Waals surface area contributed by atoms with E-state index in [2.05, 4.69) is 36.1 Å². The van der Waals surface area contributed by atoms with Gasteiger partial charge in [0.15, 0.2) is 5.96 Å². The van der Waals surface area contributed by atoms with Crippen LogP contribution in [0.5, 0.6) is 0 Å². The summed E-state index contributed by atoms with van der Waals surface area (Å²) in [4.78, 5) is 4.65. The molecule has 1 aliphatic rings. The number of hydrogen-bond donors (Lipinski definition) is 2. The fourth-order valence-electron chi connectivity index (χ4n) is 2.24. The molecule has 0 aliphatic heterocycles. The number of nitrogens with zero attached hydrogens (tertiary/aromatic N) is 1. The normalized spacial score (nSPS) is 24.0. The van der Waals surface area contributed by atoms with E-state index in [1.54, 1.807) is 0 Å². The van der Waals surface area contributed by atoms with Crippen LogP contribution in [-0.4, -0.2) is 25.6 Å². The second kappa shape index (κ2) is 10.6. The molecule has 4 heteroatoms. The van der Waals surface area contributed by atoms with Crippen molar-refractivity contribution in [1.82, 2.24) is 10.6 Å². The number of halogens is 1. The van der Waals surface area contributed by atoms with Gasteiger partial charge in [0.2, 0.25) is 0 Å². The van der Waals surface area contributed by atoms with Crippen LogP contribution in [0.4, 0.5) is 0 Å². The largest absolute Gasteiger partial charge is 0.357 e. The molecule has 0 aromatic rings. The van der Waals surface area contributed by atoms with E-state index >= 15 is 0 Å². The molecule has 0 heterocycles. The molecule has 106 valence electrons. The van der Waals surface area contributed by atoms with Crippen molar-refractivity contribution in [3.8, 4) is 0 Å². The van der Waals surface area contributed by atoms with Crippen molar-refractivity contribution in [2.75, 3.05) is 19.6 Å². The Morgan fingerprint density at radius 1 is 1.28 bits per heavy atom. The molecule has 1 fully saturated rings. The van der Waals surface area contributed by atoms with Crippen LogP contribution in [0.1, 0.15) is 39.5 Å². The third-order valence-electron chi connectivity index (χ3n) is 3.40. The predicted molar refractivity (Wildman–Crippen MR) is 90.7 cm³/mol. The van der Waals surface area contributed by atoms with Crippen molar-refractivity contribution in [1.29, 1.82) is 0 Å². The molecule has 0 atom stereocenters. The standard InChI is InChI=1S/C14H27N3.HI/c1-4-10-16-14(15-5-2)17-11-13-8-6-12(3)7-9-13;/h4,12-13H,1,5-11H2,2-3H3,(H2,15,16,17);1H. The van der Waals surface area contributed by atoms with Crippen molar-refractivity contribution in [2.24, 2.45) is 16.8 Å². The fraction of sp³-hybridized carbons (Fsp3) is 0.786. The minimum Gasteiger partial charge on any atom is -0.357 e. The van der Waals surface area contributed by atoms with E-state index in [0.717, 1.165) is 37.4 Å². The molecule has 0 amide bonds. The number of aliphatic imine (C=N–C) groups is 1. The molecule has 0 aromatic carbocycles. The molecule has 0 bridgehead atoms. The van der Waals surface area contributed by atoms with Crippen LogP contribution in [0.15, 0.2) is 17.6 Å². The molecule has 0 radical (unpaired) electrons. The summed E-state index contributed by atoms with van der Waals surface area (Å²) in [6.07, 6.45) is 7.28. The molecule has 1 aliphatic carbocycles. The van der Waals surface area contributed by atoms with Crippen molar-refractivity contribution in [3.05, 3.63) is 12.7 Å². The lowest BCUT2D eigenvalue weighted by Crippen LogP contribution is -2.37. The summed E-state index contributed by atoms with van der Waals surface area (Å²) in [6, 6.07) is 0. The maximum Gasteiger partial charge on any atom is 0.191 e. The van der Waals surface area contributed by atoms with Gasteiger partial charge in [0.25, 0.3) is 0 Å². The summed E-state index contributed by atoms with van der Waals surface area (Å²) in [5.41, 5.74) is 0. The van der Waals surface area contributed by atoms with E-state index in [-0.39, 0.29) is 24.0 Å². The highest BCUT2D eigenvalue weighted by molar-refractivity contribution is 14.0. The average molecular weight is 365 g/mol. The number of guanidine groups is 1. The zero-order valence-electron chi connectivity index (χ0n) is 11.7. The molecule has 0 spiro atoms. The van der Waals surface area contributed by atoms with Gasteiger partial charge in [-0.1, -0.05) is 25.8 Å². The van der Waals surface area contributed by atoms with Gasteiger partial charge in [-0.15, -0.1) is 30.6 Å². The van der Waals surface area contributed by atoms with Crippen LogP contribution >= 0.6 is 24.0 Å². The van der Waals surface area contributed by atoms with Gasteiger partial charge in [-0.25, -0.2) is 0 Å². The van der Waals surface area contributed by atoms with E-state index in [1.807, 2.05) is 6.08 Å². The Hall–Kier alpha value is -0.260. The van der Waals surface area contributed by atoms with Crippen molar-refractivity contribution < 1.29 is 0 Å². The first-order valence-electron chi connectivity index (χ1n) is 6.89. The Labute approximate surface area is 129 Å². The van der Waals surface area contributed by atoms with Crippen molar-refractivity contribution in [2.45, 2.75) is 39.5 Å². The SMILES string of the molecule is C=CCNC(=NCC1CCC(C)CC1)NCC.I. The Kier molecular flexibility index (Phi) is 10.5. The Bertz CT molecular complexity index is 245. The molecule has 3 nitrogen and oxygen atoms in total. The highest BCUT2D eigenvalue weighted by Gasteiger charge is 2.17. The Morgan fingerprint density at radius 2 is 1.94 bits per heavy atom. The molecule has 0 aromatic heterocycles. The Morgan fingerprint density at radius 3 is 2.50 bits per heavy atom. The second-order valence-electron chi connectivity index (χ2n) is 5.02. The van der Waals surface area contributed by atoms with Gasteiger partial charge in [0.1, 0.15) is 0 Å². The lowest BCUT2D eigenvalue weighted by atomic mass is 9.83. The summed E-state index contributed by atoms with van der Waals surface area (Å²) in [7, 11) is 0. The first kappa shape index (κ1) is 17.7. The third kappa shape index (κ3) is 7.24. The van der Waals surface area contributed by atoms with E-state index in [0.29, 0.717) is 0 Å². The average Bonchev–Trinajstić information content (AvgIpc) is 2.35. The van der Waals surface area contributed by atoms with Crippen molar-refractivity contribution in [3.63, 3.8) is 0 Å². The minimum atomic E-state index is 0. The van der Waals surface area contributed by atoms with Gasteiger partial charge in [-0.2, -0.15) is 0 Å². The van der Waals surface area contributed by atoms with Gasteiger partial charge < -0.3 is 10.6 Å². The lowest BCUT2D eigenvalue weighted by molar-refractivity contribution is 0.296. The smallest absolute Gasteiger partial charge is 0.191 e. The quantitative estimate of drug-likeness (QED) is 0.340. The second-order valence-corrected chi connectivity index (χ2v) is 5.02. The van der Waals surface area contributed by atoms with E-state index in [4.69, 9.17) is 0 Å². The number of nitrogens with one attached hydrogen (secondary N) is 2. The highest BCUT2D eigenvalue weighted by Crippen LogP contribution is 2.28. The summed E-state index contributed by atoms with van der Waals surface area (Å²) >= 11 is 0. The van der Waals surface area contributed by atoms with Crippen LogP contribution in [0.3, 0.4) is 0 Å². The van der Waals surface area contributed by atoms with E-state index in [9.17, 15) is 0 Å². The summed E-state index contributed by atoms with van der Waals surface area (Å²) in [6.45, 7) is 10.8. The van der Waals surface area contributed by atoms with Crippen LogP contribution in [-0.2, 0) is 0 Å². The van der Waals surface area contributed by atoms with E-state index < -0.39 is 0 Å². The van der Waals surface area contributed by atoms with Gasteiger partial charge >= 0.3 is 0 Å². The predicted octanol–water partition coefficient (Wildman–Crippen LogP) is 3.17. The first-order valence-corrected chi connectivity index (χ1v) is 6.89. The zero-order chi connectivity index (χ0) is 12.5. The lowest BCUT2D eigenvalue weighted by Gasteiger charge is -2.25. The molecular formula is C14H28IN3. The first-order chi connectivity index (χ1) is 8.26. The summed E-state index contributed by atoms with van der Waals surface area (Å²) < 4.78 is 0. The van der Waals surface area contributed by atoms with Gasteiger partial charge in [-0.3, -0.25) is 4.99 Å². The van der Waals surface area contributed by atoms with Crippen LogP contribution in [0, 0.1) is 11.8 Å². The van der Waals surface area contributed by atoms with Crippen LogP contribution in [0.2, 0.25) is 0 Å². The minimum absolute atomic E-state index is 0. The summed E-state index contributed by atoms with van der Waals surface area (Å²) in [5.74, 6) is 2.62. The third-order valence-corrected chi connectivity index (χ3v) is 3.40. The Balaban J connectivity index is 0.00000289. The molecule has 2 N–H and O–H groups in total. The molecule has 1 rings (SSSR count). The van der Waals surface area contributed by atoms with Gasteiger partial charge in [0, 0.05) is 19.6 Å². The maximum atomic E-state index is 4.65. The summed E-state index contributed by atoms with van der Waals surface area (Å²) in [5, 5.41) is 6.50. The van der Waals surface area contributed by atoms with Crippen LogP contribution in [0.25, 0.3) is 0 Å². The zero-order valence-corrected chi connectivity index (χ0v) is 14.1. The molecule has 0 unspecified atom stereocenters. The van der Waals surface area contributed by atoms with E-state index in [1.165, 1.54) is 25.7 Å². The van der Waals surface area contributed by atoms with Crippen LogP contribution < -0.4 is 10.6 Å². The molecule has 1 saturated carbocycles. The monoisotopic (exact) mass is 365 g/mol. The number of rotatable bonds is 5. The topological polar surface area (TPSA) is 36.4 Å². The maximum absolute atomic E-state index is 4.65.